The van der Waals surface area contributed by atoms with Gasteiger partial charge in [-0.15, -0.1) is 11.3 Å². The van der Waals surface area contributed by atoms with Crippen molar-refractivity contribution in [3.8, 4) is 5.75 Å². The zero-order chi connectivity index (χ0) is 14.7. The number of hydrazine groups is 1. The molecule has 1 aromatic carbocycles. The van der Waals surface area contributed by atoms with Crippen LogP contribution in [0.15, 0.2) is 28.1 Å². The van der Waals surface area contributed by atoms with Gasteiger partial charge in [0.15, 0.2) is 0 Å². The Balaban J connectivity index is 2.18. The van der Waals surface area contributed by atoms with Crippen molar-refractivity contribution in [3.63, 3.8) is 0 Å². The predicted octanol–water partition coefficient (Wildman–Crippen LogP) is 3.65. The number of amides is 1. The van der Waals surface area contributed by atoms with E-state index in [0.717, 1.165) is 15.6 Å². The summed E-state index contributed by atoms with van der Waals surface area (Å²) in [4.78, 5) is 12.1. The Kier molecular flexibility index (Phi) is 5.04. The van der Waals surface area contributed by atoms with Crippen molar-refractivity contribution in [2.45, 2.75) is 13.5 Å². The molecule has 0 aliphatic rings. The van der Waals surface area contributed by atoms with E-state index in [-0.39, 0.29) is 12.5 Å². The molecule has 3 N–H and O–H groups in total. The van der Waals surface area contributed by atoms with E-state index >= 15 is 0 Å². The number of benzene rings is 1. The average molecular weight is 376 g/mol. The molecule has 2 rings (SSSR count). The number of carbonyl (C=O) groups is 1. The van der Waals surface area contributed by atoms with Gasteiger partial charge in [0.25, 0.3) is 5.91 Å². The van der Waals surface area contributed by atoms with E-state index in [2.05, 4.69) is 21.4 Å². The summed E-state index contributed by atoms with van der Waals surface area (Å²) in [7, 11) is 0. The van der Waals surface area contributed by atoms with E-state index in [9.17, 15) is 4.79 Å². The number of ether oxygens (including phenoxy) is 1. The van der Waals surface area contributed by atoms with Crippen LogP contribution in [0.25, 0.3) is 0 Å². The van der Waals surface area contributed by atoms with Crippen LogP contribution in [0.1, 0.15) is 20.8 Å². The molecule has 20 heavy (non-hydrogen) atoms. The molecule has 1 amide bonds. The van der Waals surface area contributed by atoms with Crippen molar-refractivity contribution in [2.75, 3.05) is 0 Å². The molecule has 0 aliphatic carbocycles. The largest absolute Gasteiger partial charge is 0.487 e. The van der Waals surface area contributed by atoms with E-state index in [1.807, 2.05) is 24.4 Å². The Bertz CT molecular complexity index is 622. The molecule has 1 heterocycles. The Morgan fingerprint density at radius 2 is 2.30 bits per heavy atom. The highest BCUT2D eigenvalue weighted by Crippen LogP contribution is 2.33. The van der Waals surface area contributed by atoms with E-state index < -0.39 is 0 Å². The fourth-order valence-corrected chi connectivity index (χ4v) is 3.57. The minimum absolute atomic E-state index is 0.258. The van der Waals surface area contributed by atoms with E-state index in [0.29, 0.717) is 15.6 Å². The van der Waals surface area contributed by atoms with Crippen LogP contribution in [0, 0.1) is 6.92 Å². The monoisotopic (exact) mass is 374 g/mol. The number of rotatable bonds is 4. The zero-order valence-electron chi connectivity index (χ0n) is 10.6. The highest BCUT2D eigenvalue weighted by molar-refractivity contribution is 9.10. The van der Waals surface area contributed by atoms with Gasteiger partial charge in [0.1, 0.15) is 12.4 Å². The molecule has 0 unspecified atom stereocenters. The van der Waals surface area contributed by atoms with Gasteiger partial charge in [-0.2, -0.15) is 0 Å². The first-order valence-corrected chi connectivity index (χ1v) is 7.73. The smallest absolute Gasteiger partial charge is 0.275 e. The maximum atomic E-state index is 11.6. The second kappa shape index (κ2) is 6.58. The van der Waals surface area contributed by atoms with E-state index in [1.165, 1.54) is 11.3 Å². The lowest BCUT2D eigenvalue weighted by Gasteiger charge is -2.11. The molecular weight excluding hydrogens is 364 g/mol. The van der Waals surface area contributed by atoms with Gasteiger partial charge in [-0.1, -0.05) is 27.5 Å². The van der Waals surface area contributed by atoms with Gasteiger partial charge in [-0.3, -0.25) is 10.2 Å². The van der Waals surface area contributed by atoms with Crippen LogP contribution < -0.4 is 16.0 Å². The SMILES string of the molecule is Cc1cc(Br)cc(Cl)c1OCc1ccsc1C(=O)NN. The number of carbonyl (C=O) groups excluding carboxylic acids is 1. The fourth-order valence-electron chi connectivity index (χ4n) is 1.74. The lowest BCUT2D eigenvalue weighted by Crippen LogP contribution is -2.30. The number of nitrogen functional groups attached to an aromatic ring is 1. The van der Waals surface area contributed by atoms with Crippen LogP contribution >= 0.6 is 38.9 Å². The average Bonchev–Trinajstić information content (AvgIpc) is 2.85. The Labute approximate surface area is 134 Å². The molecule has 0 aliphatic heterocycles. The normalized spacial score (nSPS) is 10.4. The third-order valence-corrected chi connectivity index (χ3v) is 4.34. The first kappa shape index (κ1) is 15.3. The highest BCUT2D eigenvalue weighted by atomic mass is 79.9. The van der Waals surface area contributed by atoms with Gasteiger partial charge in [0.2, 0.25) is 0 Å². The van der Waals surface area contributed by atoms with Crippen LogP contribution in [0.2, 0.25) is 5.02 Å². The number of hydrogen-bond donors (Lipinski definition) is 2. The maximum absolute atomic E-state index is 11.6. The van der Waals surface area contributed by atoms with Crippen LogP contribution in [0.3, 0.4) is 0 Å². The Hall–Kier alpha value is -1.08. The summed E-state index contributed by atoms with van der Waals surface area (Å²) < 4.78 is 6.63. The van der Waals surface area contributed by atoms with Gasteiger partial charge in [0, 0.05) is 10.0 Å². The standard InChI is InChI=1S/C13H12BrClN2O2S/c1-7-4-9(14)5-10(15)11(7)19-6-8-2-3-20-12(8)13(18)17-16/h2-5H,6,16H2,1H3,(H,17,18). The second-order valence-corrected chi connectivity index (χ2v) is 6.31. The Morgan fingerprint density at radius 1 is 1.55 bits per heavy atom. The summed E-state index contributed by atoms with van der Waals surface area (Å²) in [5.41, 5.74) is 3.81. The van der Waals surface area contributed by atoms with E-state index in [4.69, 9.17) is 22.2 Å². The molecule has 0 fully saturated rings. The molecule has 0 saturated carbocycles. The van der Waals surface area contributed by atoms with Gasteiger partial charge in [-0.25, -0.2) is 5.84 Å². The Morgan fingerprint density at radius 3 is 2.95 bits per heavy atom. The molecule has 7 heteroatoms. The molecule has 0 radical (unpaired) electrons. The van der Waals surface area contributed by atoms with Crippen LogP contribution in [-0.4, -0.2) is 5.91 Å². The fraction of sp³-hybridized carbons (Fsp3) is 0.154. The summed E-state index contributed by atoms with van der Waals surface area (Å²) in [6.07, 6.45) is 0. The predicted molar refractivity (Wildman–Crippen MR) is 84.2 cm³/mol. The van der Waals surface area contributed by atoms with E-state index in [1.54, 1.807) is 6.07 Å². The number of halogens is 2. The van der Waals surface area contributed by atoms with Gasteiger partial charge in [-0.05, 0) is 36.1 Å². The van der Waals surface area contributed by atoms with Crippen LogP contribution in [-0.2, 0) is 6.61 Å². The molecule has 0 bridgehead atoms. The summed E-state index contributed by atoms with van der Waals surface area (Å²) in [5.74, 6) is 5.43. The van der Waals surface area contributed by atoms with Crippen molar-refractivity contribution >= 4 is 44.8 Å². The summed E-state index contributed by atoms with van der Waals surface area (Å²) in [6.45, 7) is 2.17. The zero-order valence-corrected chi connectivity index (χ0v) is 13.7. The third kappa shape index (κ3) is 3.32. The minimum atomic E-state index is -0.322. The summed E-state index contributed by atoms with van der Waals surface area (Å²) in [6, 6.07) is 5.52. The minimum Gasteiger partial charge on any atom is -0.487 e. The van der Waals surface area contributed by atoms with Crippen molar-refractivity contribution in [1.82, 2.24) is 5.43 Å². The van der Waals surface area contributed by atoms with Crippen LogP contribution in [0.5, 0.6) is 5.75 Å². The third-order valence-electron chi connectivity index (χ3n) is 2.65. The number of nitrogens with one attached hydrogen (secondary N) is 1. The van der Waals surface area contributed by atoms with Gasteiger partial charge < -0.3 is 4.74 Å². The lowest BCUT2D eigenvalue weighted by molar-refractivity contribution is 0.0955. The van der Waals surface area contributed by atoms with Crippen molar-refractivity contribution in [3.05, 3.63) is 49.1 Å². The number of hydrogen-bond acceptors (Lipinski definition) is 4. The quantitative estimate of drug-likeness (QED) is 0.487. The van der Waals surface area contributed by atoms with Gasteiger partial charge in [0.05, 0.1) is 9.90 Å². The first-order valence-electron chi connectivity index (χ1n) is 5.68. The number of aryl methyl sites for hydroxylation is 1. The highest BCUT2D eigenvalue weighted by Gasteiger charge is 2.14. The molecule has 1 aromatic heterocycles. The second-order valence-electron chi connectivity index (χ2n) is 4.07. The van der Waals surface area contributed by atoms with Crippen molar-refractivity contribution < 1.29 is 9.53 Å². The summed E-state index contributed by atoms with van der Waals surface area (Å²) in [5, 5.41) is 2.34. The molecule has 106 valence electrons. The maximum Gasteiger partial charge on any atom is 0.275 e. The molecule has 0 saturated heterocycles. The van der Waals surface area contributed by atoms with Crippen molar-refractivity contribution in [2.24, 2.45) is 5.84 Å². The van der Waals surface area contributed by atoms with Gasteiger partial charge >= 0.3 is 0 Å². The number of nitrogens with two attached hydrogens (primary N) is 1. The molecule has 4 nitrogen and oxygen atoms in total. The topological polar surface area (TPSA) is 64.3 Å². The lowest BCUT2D eigenvalue weighted by atomic mass is 10.2. The summed E-state index contributed by atoms with van der Waals surface area (Å²) >= 11 is 10.8. The van der Waals surface area contributed by atoms with Crippen molar-refractivity contribution in [1.29, 1.82) is 0 Å². The van der Waals surface area contributed by atoms with Crippen LogP contribution in [0.4, 0.5) is 0 Å². The molecule has 0 atom stereocenters. The first-order chi connectivity index (χ1) is 9.52. The molecule has 2 aromatic rings. The molecule has 0 spiro atoms. The number of thiophene rings is 1. The molecular formula is C13H12BrClN2O2S.